The van der Waals surface area contributed by atoms with Crippen molar-refractivity contribution in [3.8, 4) is 5.75 Å². The van der Waals surface area contributed by atoms with Gasteiger partial charge in [-0.05, 0) is 53.8 Å². The van der Waals surface area contributed by atoms with Crippen LogP contribution in [0, 0.1) is 12.7 Å². The van der Waals surface area contributed by atoms with Gasteiger partial charge in [0.05, 0.1) is 7.11 Å². The van der Waals surface area contributed by atoms with Gasteiger partial charge in [0.15, 0.2) is 9.84 Å². The van der Waals surface area contributed by atoms with E-state index in [1.54, 1.807) is 24.4 Å². The van der Waals surface area contributed by atoms with Crippen molar-refractivity contribution >= 4 is 31.2 Å². The van der Waals surface area contributed by atoms with Crippen LogP contribution in [-0.2, 0) is 19.9 Å². The van der Waals surface area contributed by atoms with E-state index >= 15 is 0 Å². The largest absolute Gasteiger partial charge is 0.495 e. The number of sulfonamides is 1. The zero-order valence-electron chi connectivity index (χ0n) is 16.2. The second-order valence-corrected chi connectivity index (χ2v) is 11.6. The third-order valence-electron chi connectivity index (χ3n) is 4.46. The van der Waals surface area contributed by atoms with Crippen LogP contribution in [0.3, 0.4) is 0 Å². The molecule has 1 N–H and O–H groups in total. The van der Waals surface area contributed by atoms with Crippen LogP contribution in [0.5, 0.6) is 5.75 Å². The van der Waals surface area contributed by atoms with Crippen LogP contribution in [0.4, 0.5) is 4.39 Å². The predicted molar refractivity (Wildman–Crippen MR) is 114 cm³/mol. The number of methoxy groups -OCH3 is 1. The Bertz CT molecular complexity index is 1220. The molecule has 2 aromatic carbocycles. The molecule has 1 atom stereocenters. The van der Waals surface area contributed by atoms with E-state index in [-0.39, 0.29) is 20.4 Å². The van der Waals surface area contributed by atoms with Crippen LogP contribution in [0.1, 0.15) is 16.4 Å². The summed E-state index contributed by atoms with van der Waals surface area (Å²) in [5, 5.41) is 0.387. The molecule has 1 heterocycles. The Hall–Kier alpha value is -2.27. The first kappa shape index (κ1) is 22.4. The van der Waals surface area contributed by atoms with E-state index in [2.05, 4.69) is 4.72 Å². The lowest BCUT2D eigenvalue weighted by Crippen LogP contribution is -2.32. The van der Waals surface area contributed by atoms with Crippen molar-refractivity contribution in [2.45, 2.75) is 21.3 Å². The second kappa shape index (κ2) is 8.84. The van der Waals surface area contributed by atoms with Gasteiger partial charge < -0.3 is 4.74 Å². The minimum absolute atomic E-state index is 0.0867. The van der Waals surface area contributed by atoms with E-state index in [0.29, 0.717) is 5.56 Å². The number of nitrogens with one attached hydrogen (secondary N) is 1. The van der Waals surface area contributed by atoms with Crippen molar-refractivity contribution in [3.63, 3.8) is 0 Å². The van der Waals surface area contributed by atoms with Gasteiger partial charge in [-0.2, -0.15) is 0 Å². The molecular formula is C20H20FNO5S3. The molecule has 0 bridgehead atoms. The smallest absolute Gasteiger partial charge is 0.244 e. The highest BCUT2D eigenvalue weighted by atomic mass is 32.2. The lowest BCUT2D eigenvalue weighted by molar-refractivity contribution is 0.402. The summed E-state index contributed by atoms with van der Waals surface area (Å²) in [5.41, 5.74) is 0.987. The van der Waals surface area contributed by atoms with Crippen molar-refractivity contribution in [1.29, 1.82) is 0 Å². The molecule has 3 aromatic rings. The van der Waals surface area contributed by atoms with E-state index in [4.69, 9.17) is 4.74 Å². The van der Waals surface area contributed by atoms with E-state index in [9.17, 15) is 21.2 Å². The molecule has 0 spiro atoms. The predicted octanol–water partition coefficient (Wildman–Crippen LogP) is 3.70. The van der Waals surface area contributed by atoms with Crippen LogP contribution in [0.25, 0.3) is 0 Å². The highest BCUT2D eigenvalue weighted by molar-refractivity contribution is 7.93. The number of hydrogen-bond acceptors (Lipinski definition) is 6. The lowest BCUT2D eigenvalue weighted by atomic mass is 10.1. The maximum atomic E-state index is 13.4. The van der Waals surface area contributed by atoms with Crippen molar-refractivity contribution in [1.82, 2.24) is 4.72 Å². The van der Waals surface area contributed by atoms with Crippen molar-refractivity contribution in [3.05, 3.63) is 76.9 Å². The van der Waals surface area contributed by atoms with Crippen LogP contribution >= 0.6 is 11.3 Å². The normalized spacial score (nSPS) is 13.2. The monoisotopic (exact) mass is 469 g/mol. The van der Waals surface area contributed by atoms with Crippen LogP contribution in [-0.4, -0.2) is 30.5 Å². The number of rotatable bonds is 8. The molecule has 10 heteroatoms. The summed E-state index contributed by atoms with van der Waals surface area (Å²) in [6.07, 6.45) is 0. The van der Waals surface area contributed by atoms with Gasteiger partial charge in [0.1, 0.15) is 25.9 Å². The molecule has 0 unspecified atom stereocenters. The third kappa shape index (κ3) is 4.72. The standard InChI is InChI=1S/C20H20FNO5S3/c1-14-5-10-17(27-2)18(12-14)30(25,26)22-13-19(15-6-8-16(21)9-7-15)29(23,24)20-4-3-11-28-20/h3-12,19,22H,13H2,1-2H3/t19-/m0/s1. The molecule has 0 aliphatic carbocycles. The van der Waals surface area contributed by atoms with E-state index < -0.39 is 37.5 Å². The fraction of sp³-hybridized carbons (Fsp3) is 0.200. The van der Waals surface area contributed by atoms with Gasteiger partial charge in [0.25, 0.3) is 0 Å². The summed E-state index contributed by atoms with van der Waals surface area (Å²) in [7, 11) is -6.64. The maximum Gasteiger partial charge on any atom is 0.244 e. The first-order valence-electron chi connectivity index (χ1n) is 8.82. The van der Waals surface area contributed by atoms with Gasteiger partial charge in [-0.25, -0.2) is 25.9 Å². The Labute approximate surface area is 179 Å². The van der Waals surface area contributed by atoms with Gasteiger partial charge >= 0.3 is 0 Å². The summed E-state index contributed by atoms with van der Waals surface area (Å²) in [6.45, 7) is 1.31. The second-order valence-electron chi connectivity index (χ2n) is 6.52. The summed E-state index contributed by atoms with van der Waals surface area (Å²) < 4.78 is 73.2. The quantitative estimate of drug-likeness (QED) is 0.543. The van der Waals surface area contributed by atoms with Gasteiger partial charge in [-0.1, -0.05) is 24.3 Å². The Morgan fingerprint density at radius 3 is 2.37 bits per heavy atom. The number of sulfone groups is 1. The Kier molecular flexibility index (Phi) is 6.61. The molecule has 6 nitrogen and oxygen atoms in total. The molecule has 0 aliphatic heterocycles. The topological polar surface area (TPSA) is 89.5 Å². The van der Waals surface area contributed by atoms with Crippen LogP contribution in [0.2, 0.25) is 0 Å². The Morgan fingerprint density at radius 2 is 1.77 bits per heavy atom. The average Bonchev–Trinajstić information content (AvgIpc) is 3.25. The summed E-state index contributed by atoms with van der Waals surface area (Å²) >= 11 is 1.03. The lowest BCUT2D eigenvalue weighted by Gasteiger charge is -2.19. The Balaban J connectivity index is 1.98. The van der Waals surface area contributed by atoms with Crippen molar-refractivity contribution in [2.75, 3.05) is 13.7 Å². The molecule has 160 valence electrons. The fourth-order valence-electron chi connectivity index (χ4n) is 2.91. The van der Waals surface area contributed by atoms with Gasteiger partial charge in [-0.3, -0.25) is 0 Å². The van der Waals surface area contributed by atoms with Crippen LogP contribution < -0.4 is 9.46 Å². The molecule has 0 amide bonds. The zero-order chi connectivity index (χ0) is 21.9. The Morgan fingerprint density at radius 1 is 1.07 bits per heavy atom. The molecular weight excluding hydrogens is 449 g/mol. The van der Waals surface area contributed by atoms with E-state index in [1.807, 2.05) is 0 Å². The summed E-state index contributed by atoms with van der Waals surface area (Å²) in [4.78, 5) is -0.0867. The molecule has 0 fully saturated rings. The van der Waals surface area contributed by atoms with Gasteiger partial charge in [0, 0.05) is 6.54 Å². The number of ether oxygens (including phenoxy) is 1. The molecule has 0 saturated carbocycles. The molecule has 1 aromatic heterocycles. The molecule has 0 saturated heterocycles. The minimum atomic E-state index is -4.08. The van der Waals surface area contributed by atoms with Crippen molar-refractivity contribution in [2.24, 2.45) is 0 Å². The number of thiophene rings is 1. The minimum Gasteiger partial charge on any atom is -0.495 e. The molecule has 30 heavy (non-hydrogen) atoms. The van der Waals surface area contributed by atoms with E-state index in [0.717, 1.165) is 23.5 Å². The number of halogens is 1. The van der Waals surface area contributed by atoms with Crippen LogP contribution in [0.15, 0.2) is 69.1 Å². The molecule has 0 radical (unpaired) electrons. The fourth-order valence-corrected chi connectivity index (χ4v) is 7.18. The average molecular weight is 470 g/mol. The number of hydrogen-bond donors (Lipinski definition) is 1. The highest BCUT2D eigenvalue weighted by Gasteiger charge is 2.32. The SMILES string of the molecule is COc1ccc(C)cc1S(=O)(=O)NC[C@@H](c1ccc(F)cc1)S(=O)(=O)c1cccs1. The highest BCUT2D eigenvalue weighted by Crippen LogP contribution is 2.32. The van der Waals surface area contributed by atoms with Gasteiger partial charge in [0.2, 0.25) is 10.0 Å². The third-order valence-corrected chi connectivity index (χ3v) is 9.44. The summed E-state index contributed by atoms with van der Waals surface area (Å²) in [6, 6.07) is 12.7. The number of aryl methyl sites for hydroxylation is 1. The number of benzene rings is 2. The van der Waals surface area contributed by atoms with Crippen molar-refractivity contribution < 1.29 is 26.0 Å². The maximum absolute atomic E-state index is 13.4. The molecule has 0 aliphatic rings. The van der Waals surface area contributed by atoms with E-state index in [1.165, 1.54) is 37.4 Å². The zero-order valence-corrected chi connectivity index (χ0v) is 18.7. The summed E-state index contributed by atoms with van der Waals surface area (Å²) in [5.74, 6) is -0.372. The first-order valence-corrected chi connectivity index (χ1v) is 12.7. The first-order chi connectivity index (χ1) is 14.1. The van der Waals surface area contributed by atoms with Gasteiger partial charge in [-0.15, -0.1) is 11.3 Å². The molecule has 3 rings (SSSR count).